The third-order valence-electron chi connectivity index (χ3n) is 3.08. The van der Waals surface area contributed by atoms with Crippen molar-refractivity contribution in [2.75, 3.05) is 6.54 Å². The first-order valence-electron chi connectivity index (χ1n) is 6.73. The van der Waals surface area contributed by atoms with Gasteiger partial charge in [0.1, 0.15) is 6.54 Å². The SMILES string of the molecule is CCCNCc1cn(Cc2nnnn2C2CC2)nn1. The van der Waals surface area contributed by atoms with E-state index in [9.17, 15) is 0 Å². The predicted octanol–water partition coefficient (Wildman–Crippen LogP) is 0.147. The van der Waals surface area contributed by atoms with Crippen LogP contribution in [0.5, 0.6) is 0 Å². The summed E-state index contributed by atoms with van der Waals surface area (Å²) in [6.45, 7) is 4.46. The van der Waals surface area contributed by atoms with Crippen molar-refractivity contribution in [3.8, 4) is 0 Å². The van der Waals surface area contributed by atoms with Crippen molar-refractivity contribution in [2.45, 2.75) is 45.3 Å². The van der Waals surface area contributed by atoms with Crippen LogP contribution in [0.3, 0.4) is 0 Å². The fraction of sp³-hybridized carbons (Fsp3) is 0.727. The highest BCUT2D eigenvalue weighted by Gasteiger charge is 2.27. The molecule has 8 heteroatoms. The van der Waals surface area contributed by atoms with Crippen LogP contribution < -0.4 is 5.32 Å². The number of hydrogen-bond donors (Lipinski definition) is 1. The largest absolute Gasteiger partial charge is 0.311 e. The molecule has 2 heterocycles. The van der Waals surface area contributed by atoms with Crippen molar-refractivity contribution in [3.63, 3.8) is 0 Å². The van der Waals surface area contributed by atoms with Gasteiger partial charge in [-0.05, 0) is 36.2 Å². The van der Waals surface area contributed by atoms with Gasteiger partial charge in [-0.2, -0.15) is 0 Å². The van der Waals surface area contributed by atoms with Crippen LogP contribution in [0.15, 0.2) is 6.20 Å². The lowest BCUT2D eigenvalue weighted by Gasteiger charge is -2.01. The van der Waals surface area contributed by atoms with E-state index in [2.05, 4.69) is 38.1 Å². The highest BCUT2D eigenvalue weighted by molar-refractivity contribution is 4.95. The lowest BCUT2D eigenvalue weighted by molar-refractivity contribution is 0.543. The number of nitrogens with one attached hydrogen (secondary N) is 1. The van der Waals surface area contributed by atoms with E-state index in [4.69, 9.17) is 0 Å². The zero-order chi connectivity index (χ0) is 13.1. The van der Waals surface area contributed by atoms with Gasteiger partial charge in [0.15, 0.2) is 5.82 Å². The molecule has 19 heavy (non-hydrogen) atoms. The molecule has 0 amide bonds. The van der Waals surface area contributed by atoms with Gasteiger partial charge in [-0.25, -0.2) is 9.36 Å². The lowest BCUT2D eigenvalue weighted by atomic mass is 10.4. The van der Waals surface area contributed by atoms with Crippen molar-refractivity contribution in [3.05, 3.63) is 17.7 Å². The first-order valence-corrected chi connectivity index (χ1v) is 6.73. The van der Waals surface area contributed by atoms with Gasteiger partial charge in [0.05, 0.1) is 17.9 Å². The average molecular weight is 262 g/mol. The molecule has 0 atom stereocenters. The third-order valence-corrected chi connectivity index (χ3v) is 3.08. The summed E-state index contributed by atoms with van der Waals surface area (Å²) in [6, 6.07) is 0.485. The molecule has 2 aromatic rings. The number of hydrogen-bond acceptors (Lipinski definition) is 6. The van der Waals surface area contributed by atoms with Crippen LogP contribution in [-0.2, 0) is 13.1 Å². The van der Waals surface area contributed by atoms with Crippen LogP contribution in [0.1, 0.15) is 43.7 Å². The van der Waals surface area contributed by atoms with Gasteiger partial charge in [0, 0.05) is 6.54 Å². The van der Waals surface area contributed by atoms with Gasteiger partial charge in [-0.3, -0.25) is 0 Å². The van der Waals surface area contributed by atoms with E-state index >= 15 is 0 Å². The molecule has 102 valence electrons. The van der Waals surface area contributed by atoms with E-state index in [-0.39, 0.29) is 0 Å². The predicted molar refractivity (Wildman–Crippen MR) is 67.2 cm³/mol. The molecule has 0 aromatic carbocycles. The van der Waals surface area contributed by atoms with Crippen LogP contribution >= 0.6 is 0 Å². The van der Waals surface area contributed by atoms with Gasteiger partial charge >= 0.3 is 0 Å². The molecule has 1 aliphatic rings. The fourth-order valence-corrected chi connectivity index (χ4v) is 1.95. The Morgan fingerprint density at radius 1 is 1.32 bits per heavy atom. The van der Waals surface area contributed by atoms with Gasteiger partial charge < -0.3 is 5.32 Å². The molecule has 8 nitrogen and oxygen atoms in total. The van der Waals surface area contributed by atoms with E-state index in [0.29, 0.717) is 12.6 Å². The second-order valence-electron chi connectivity index (χ2n) is 4.86. The smallest absolute Gasteiger partial charge is 0.173 e. The minimum Gasteiger partial charge on any atom is -0.311 e. The molecule has 3 rings (SSSR count). The Bertz CT molecular complexity index is 526. The average Bonchev–Trinajstić information content (AvgIpc) is 2.99. The van der Waals surface area contributed by atoms with Crippen LogP contribution in [0.25, 0.3) is 0 Å². The summed E-state index contributed by atoms with van der Waals surface area (Å²) in [7, 11) is 0. The zero-order valence-corrected chi connectivity index (χ0v) is 11.0. The molecular weight excluding hydrogens is 244 g/mol. The molecule has 1 saturated carbocycles. The Balaban J connectivity index is 1.61. The Morgan fingerprint density at radius 3 is 3.00 bits per heavy atom. The van der Waals surface area contributed by atoms with Crippen molar-refractivity contribution < 1.29 is 0 Å². The van der Waals surface area contributed by atoms with Gasteiger partial charge in [0.2, 0.25) is 0 Å². The Morgan fingerprint density at radius 2 is 2.21 bits per heavy atom. The van der Waals surface area contributed by atoms with Crippen LogP contribution in [0.4, 0.5) is 0 Å². The monoisotopic (exact) mass is 262 g/mol. The molecule has 0 aliphatic heterocycles. The lowest BCUT2D eigenvalue weighted by Crippen LogP contribution is -2.14. The van der Waals surface area contributed by atoms with Crippen molar-refractivity contribution in [2.24, 2.45) is 0 Å². The van der Waals surface area contributed by atoms with Gasteiger partial charge in [-0.1, -0.05) is 12.1 Å². The van der Waals surface area contributed by atoms with Crippen molar-refractivity contribution in [1.82, 2.24) is 40.5 Å². The number of aromatic nitrogens is 7. The Hall–Kier alpha value is -1.83. The third kappa shape index (κ3) is 2.95. The summed E-state index contributed by atoms with van der Waals surface area (Å²) in [5.41, 5.74) is 0.943. The first-order chi connectivity index (χ1) is 9.36. The molecular formula is C11H18N8. The summed E-state index contributed by atoms with van der Waals surface area (Å²) in [5, 5.41) is 23.4. The van der Waals surface area contributed by atoms with E-state index in [1.165, 1.54) is 12.8 Å². The number of rotatable bonds is 7. The molecule has 0 radical (unpaired) electrons. The minimum atomic E-state index is 0.485. The normalized spacial score (nSPS) is 15.0. The second kappa shape index (κ2) is 5.43. The molecule has 1 fully saturated rings. The maximum absolute atomic E-state index is 4.13. The summed E-state index contributed by atoms with van der Waals surface area (Å²) in [5.74, 6) is 0.848. The molecule has 0 spiro atoms. The number of tetrazole rings is 1. The van der Waals surface area contributed by atoms with Crippen LogP contribution in [0.2, 0.25) is 0 Å². The van der Waals surface area contributed by atoms with E-state index in [1.807, 2.05) is 10.9 Å². The standard InChI is InChI=1S/C11H18N8/c1-2-5-12-6-9-7-18(16-13-9)8-11-14-15-17-19(11)10-3-4-10/h7,10,12H,2-6,8H2,1H3. The highest BCUT2D eigenvalue weighted by Crippen LogP contribution is 2.34. The molecule has 1 aliphatic carbocycles. The first kappa shape index (κ1) is 12.2. The maximum Gasteiger partial charge on any atom is 0.173 e. The zero-order valence-electron chi connectivity index (χ0n) is 11.0. The quantitative estimate of drug-likeness (QED) is 0.715. The van der Waals surface area contributed by atoms with Crippen molar-refractivity contribution >= 4 is 0 Å². The minimum absolute atomic E-state index is 0.485. The molecule has 1 N–H and O–H groups in total. The summed E-state index contributed by atoms with van der Waals surface area (Å²) in [4.78, 5) is 0. The van der Waals surface area contributed by atoms with Gasteiger partial charge in [0.25, 0.3) is 0 Å². The summed E-state index contributed by atoms with van der Waals surface area (Å²) >= 11 is 0. The van der Waals surface area contributed by atoms with E-state index in [0.717, 1.165) is 31.0 Å². The topological polar surface area (TPSA) is 86.3 Å². The van der Waals surface area contributed by atoms with Gasteiger partial charge in [-0.15, -0.1) is 10.2 Å². The number of nitrogens with zero attached hydrogens (tertiary/aromatic N) is 7. The van der Waals surface area contributed by atoms with Crippen molar-refractivity contribution in [1.29, 1.82) is 0 Å². The fourth-order valence-electron chi connectivity index (χ4n) is 1.95. The Kier molecular flexibility index (Phi) is 3.49. The highest BCUT2D eigenvalue weighted by atomic mass is 15.6. The molecule has 0 saturated heterocycles. The summed E-state index contributed by atoms with van der Waals surface area (Å²) < 4.78 is 3.68. The Labute approximate surface area is 111 Å². The second-order valence-corrected chi connectivity index (χ2v) is 4.86. The maximum atomic E-state index is 4.13. The molecule has 0 unspecified atom stereocenters. The van der Waals surface area contributed by atoms with E-state index < -0.39 is 0 Å². The van der Waals surface area contributed by atoms with E-state index in [1.54, 1.807) is 4.68 Å². The molecule has 0 bridgehead atoms. The summed E-state index contributed by atoms with van der Waals surface area (Å²) in [6.07, 6.45) is 5.39. The van der Waals surface area contributed by atoms with Crippen LogP contribution in [-0.4, -0.2) is 41.7 Å². The molecule has 2 aromatic heterocycles. The van der Waals surface area contributed by atoms with Crippen LogP contribution in [0, 0.1) is 0 Å².